The fraction of sp³-hybridized carbons (Fsp3) is 0.368. The number of fused-ring (bicyclic) bond motifs is 1. The van der Waals surface area contributed by atoms with Gasteiger partial charge in [-0.2, -0.15) is 0 Å². The maximum atomic E-state index is 12.9. The number of hydrogen-bond acceptors (Lipinski definition) is 6. The molecule has 2 aromatic rings. The first-order valence-electron chi connectivity index (χ1n) is 8.61. The minimum Gasteiger partial charge on any atom is -0.506 e. The molecule has 0 unspecified atom stereocenters. The Morgan fingerprint density at radius 3 is 2.46 bits per heavy atom. The number of aromatic nitrogens is 1. The number of hydrogen-bond donors (Lipinski definition) is 3. The van der Waals surface area contributed by atoms with E-state index < -0.39 is 17.2 Å². The molecular weight excluding hydrogens is 386 g/mol. The van der Waals surface area contributed by atoms with E-state index in [-0.39, 0.29) is 24.5 Å². The Morgan fingerprint density at radius 1 is 1.25 bits per heavy atom. The lowest BCUT2D eigenvalue weighted by Gasteiger charge is -2.16. The average Bonchev–Trinajstić information content (AvgIpc) is 2.67. The molecule has 9 heteroatoms. The third kappa shape index (κ3) is 4.58. The molecule has 1 aromatic heterocycles. The fourth-order valence-electron chi connectivity index (χ4n) is 2.81. The number of allylic oxidation sites excluding steroid dienone is 1. The van der Waals surface area contributed by atoms with Crippen LogP contribution < -0.4 is 25.7 Å². The van der Waals surface area contributed by atoms with E-state index in [0.29, 0.717) is 35.5 Å². The Morgan fingerprint density at radius 2 is 1.89 bits per heavy atom. The van der Waals surface area contributed by atoms with Gasteiger partial charge in [-0.25, -0.2) is 0 Å². The molecule has 28 heavy (non-hydrogen) atoms. The standard InChI is InChI=1S/C19H25N3O5.ClH/c1-5-9-22-13-11-15(27-4)14(26-3)10-12(13)17(23)16(19(22)25)18(24)21-8-7-20-6-2;/h5,10-11,20,23H,1,6-9H2,2-4H3,(H,21,24);1H. The highest BCUT2D eigenvalue weighted by Crippen LogP contribution is 2.36. The van der Waals surface area contributed by atoms with Crippen molar-refractivity contribution in [2.45, 2.75) is 13.5 Å². The topological polar surface area (TPSA) is 102 Å². The highest BCUT2D eigenvalue weighted by molar-refractivity contribution is 6.03. The molecule has 2 rings (SSSR count). The van der Waals surface area contributed by atoms with Gasteiger partial charge in [0.2, 0.25) is 0 Å². The number of aromatic hydroxyl groups is 1. The Bertz CT molecular complexity index is 911. The largest absolute Gasteiger partial charge is 0.506 e. The van der Waals surface area contributed by atoms with Gasteiger partial charge in [-0.3, -0.25) is 9.59 Å². The molecule has 0 aliphatic rings. The van der Waals surface area contributed by atoms with Gasteiger partial charge in [0.15, 0.2) is 11.5 Å². The minimum atomic E-state index is -0.634. The van der Waals surface area contributed by atoms with Crippen molar-refractivity contribution < 1.29 is 19.4 Å². The molecule has 0 bridgehead atoms. The lowest BCUT2D eigenvalue weighted by molar-refractivity contribution is 0.0949. The summed E-state index contributed by atoms with van der Waals surface area (Å²) in [7, 11) is 2.94. The van der Waals surface area contributed by atoms with Crippen molar-refractivity contribution in [3.63, 3.8) is 0 Å². The third-order valence-corrected chi connectivity index (χ3v) is 4.12. The van der Waals surface area contributed by atoms with Gasteiger partial charge in [0.25, 0.3) is 11.5 Å². The number of carbonyl (C=O) groups excluding carboxylic acids is 1. The summed E-state index contributed by atoms with van der Waals surface area (Å²) in [5.74, 6) is -0.242. The Balaban J connectivity index is 0.00000392. The average molecular weight is 412 g/mol. The van der Waals surface area contributed by atoms with Crippen LogP contribution in [-0.4, -0.2) is 49.4 Å². The Labute approximate surface area is 169 Å². The Kier molecular flexibility index (Phi) is 8.81. The van der Waals surface area contributed by atoms with Crippen LogP contribution >= 0.6 is 12.4 Å². The van der Waals surface area contributed by atoms with Gasteiger partial charge in [-0.15, -0.1) is 19.0 Å². The van der Waals surface area contributed by atoms with Gasteiger partial charge in [0.05, 0.1) is 19.7 Å². The number of carbonyl (C=O) groups is 1. The number of amides is 1. The molecule has 3 N–H and O–H groups in total. The van der Waals surface area contributed by atoms with Crippen molar-refractivity contribution in [2.24, 2.45) is 0 Å². The van der Waals surface area contributed by atoms with Crippen molar-refractivity contribution in [3.8, 4) is 17.2 Å². The van der Waals surface area contributed by atoms with Crippen LogP contribution in [0.2, 0.25) is 0 Å². The number of ether oxygens (including phenoxy) is 2. The number of halogens is 1. The van der Waals surface area contributed by atoms with E-state index in [2.05, 4.69) is 17.2 Å². The number of pyridine rings is 1. The molecule has 0 atom stereocenters. The van der Waals surface area contributed by atoms with Crippen molar-refractivity contribution in [3.05, 3.63) is 40.7 Å². The third-order valence-electron chi connectivity index (χ3n) is 4.12. The molecule has 0 saturated carbocycles. The second-order valence-electron chi connectivity index (χ2n) is 5.76. The number of nitrogens with one attached hydrogen (secondary N) is 2. The molecular formula is C19H26ClN3O5. The summed E-state index contributed by atoms with van der Waals surface area (Å²) in [6.45, 7) is 7.44. The van der Waals surface area contributed by atoms with Crippen LogP contribution in [0.3, 0.4) is 0 Å². The summed E-state index contributed by atoms with van der Waals surface area (Å²) < 4.78 is 11.9. The molecule has 1 aromatic carbocycles. The number of likely N-dealkylation sites (N-methyl/N-ethyl adjacent to an activating group) is 1. The summed E-state index contributed by atoms with van der Waals surface area (Å²) in [4.78, 5) is 25.4. The van der Waals surface area contributed by atoms with Crippen molar-refractivity contribution in [1.29, 1.82) is 0 Å². The zero-order chi connectivity index (χ0) is 20.0. The summed E-state index contributed by atoms with van der Waals surface area (Å²) in [6.07, 6.45) is 1.54. The summed E-state index contributed by atoms with van der Waals surface area (Å²) >= 11 is 0. The quantitative estimate of drug-likeness (QED) is 0.428. The van der Waals surface area contributed by atoms with Crippen molar-refractivity contribution in [1.82, 2.24) is 15.2 Å². The van der Waals surface area contributed by atoms with E-state index in [9.17, 15) is 14.7 Å². The number of benzene rings is 1. The fourth-order valence-corrected chi connectivity index (χ4v) is 2.81. The molecule has 0 radical (unpaired) electrons. The summed E-state index contributed by atoms with van der Waals surface area (Å²) in [5.41, 5.74) is -0.500. The second kappa shape index (κ2) is 10.6. The van der Waals surface area contributed by atoms with Gasteiger partial charge in [-0.05, 0) is 12.6 Å². The monoisotopic (exact) mass is 411 g/mol. The van der Waals surface area contributed by atoms with Crippen LogP contribution in [0.15, 0.2) is 29.6 Å². The Hall–Kier alpha value is -2.71. The van der Waals surface area contributed by atoms with Gasteiger partial charge >= 0.3 is 0 Å². The number of methoxy groups -OCH3 is 2. The molecule has 0 fully saturated rings. The van der Waals surface area contributed by atoms with Crippen LogP contribution in [0.25, 0.3) is 10.9 Å². The van der Waals surface area contributed by atoms with Gasteiger partial charge < -0.3 is 29.8 Å². The zero-order valence-corrected chi connectivity index (χ0v) is 17.0. The van der Waals surface area contributed by atoms with E-state index in [1.807, 2.05) is 6.92 Å². The van der Waals surface area contributed by atoms with Gasteiger partial charge in [0.1, 0.15) is 11.3 Å². The highest BCUT2D eigenvalue weighted by atomic mass is 35.5. The van der Waals surface area contributed by atoms with Crippen molar-refractivity contribution in [2.75, 3.05) is 33.9 Å². The van der Waals surface area contributed by atoms with Crippen molar-refractivity contribution >= 4 is 29.2 Å². The number of nitrogens with zero attached hydrogens (tertiary/aromatic N) is 1. The van der Waals surface area contributed by atoms with Crippen LogP contribution in [0, 0.1) is 0 Å². The first-order valence-corrected chi connectivity index (χ1v) is 8.61. The van der Waals surface area contributed by atoms with Crippen LogP contribution in [-0.2, 0) is 6.54 Å². The molecule has 0 saturated heterocycles. The summed E-state index contributed by atoms with van der Waals surface area (Å²) in [5, 5.41) is 16.7. The normalized spacial score (nSPS) is 10.2. The van der Waals surface area contributed by atoms with Gasteiger partial charge in [-0.1, -0.05) is 13.0 Å². The molecule has 0 spiro atoms. The van der Waals surface area contributed by atoms with E-state index in [1.54, 1.807) is 12.1 Å². The van der Waals surface area contributed by atoms with Crippen LogP contribution in [0.4, 0.5) is 0 Å². The SMILES string of the molecule is C=CCn1c(=O)c(C(=O)NCCNCC)c(O)c2cc(OC)c(OC)cc21.Cl. The smallest absolute Gasteiger partial charge is 0.268 e. The molecule has 1 heterocycles. The molecule has 0 aliphatic heterocycles. The first kappa shape index (κ1) is 23.3. The lowest BCUT2D eigenvalue weighted by Crippen LogP contribution is -2.36. The first-order chi connectivity index (χ1) is 13.0. The van der Waals surface area contributed by atoms with Crippen LogP contribution in [0.5, 0.6) is 17.2 Å². The predicted octanol–water partition coefficient (Wildman–Crippen LogP) is 1.67. The van der Waals surface area contributed by atoms with Crippen LogP contribution in [0.1, 0.15) is 17.3 Å². The highest BCUT2D eigenvalue weighted by Gasteiger charge is 2.23. The minimum absolute atomic E-state index is 0. The lowest BCUT2D eigenvalue weighted by atomic mass is 10.1. The van der Waals surface area contributed by atoms with E-state index in [1.165, 1.54) is 24.9 Å². The maximum absolute atomic E-state index is 12.9. The maximum Gasteiger partial charge on any atom is 0.268 e. The van der Waals surface area contributed by atoms with Gasteiger partial charge in [0, 0.05) is 31.1 Å². The molecule has 1 amide bonds. The summed E-state index contributed by atoms with van der Waals surface area (Å²) in [6, 6.07) is 3.13. The predicted molar refractivity (Wildman–Crippen MR) is 111 cm³/mol. The number of rotatable bonds is 9. The second-order valence-corrected chi connectivity index (χ2v) is 5.76. The zero-order valence-electron chi connectivity index (χ0n) is 16.2. The van der Waals surface area contributed by atoms with E-state index in [4.69, 9.17) is 9.47 Å². The molecule has 154 valence electrons. The van der Waals surface area contributed by atoms with E-state index in [0.717, 1.165) is 6.54 Å². The van der Waals surface area contributed by atoms with E-state index >= 15 is 0 Å². The molecule has 0 aliphatic carbocycles. The molecule has 8 nitrogen and oxygen atoms in total.